The number of hydrogen-bond donors (Lipinski definition) is 1. The quantitative estimate of drug-likeness (QED) is 0.574. The lowest BCUT2D eigenvalue weighted by Gasteiger charge is -2.10. The third kappa shape index (κ3) is 4.26. The summed E-state index contributed by atoms with van der Waals surface area (Å²) < 4.78 is 0. The van der Waals surface area contributed by atoms with Gasteiger partial charge in [-0.25, -0.2) is 4.98 Å². The second kappa shape index (κ2) is 7.04. The summed E-state index contributed by atoms with van der Waals surface area (Å²) >= 11 is 3.54. The standard InChI is InChI=1S/C10H16N2S2/c1-3-5-13-6-4-11-9(2)10-7-14-8-12-10/h3,7-9,11H,1,4-6H2,2H3. The van der Waals surface area contributed by atoms with Gasteiger partial charge in [-0.15, -0.1) is 17.9 Å². The number of nitrogens with one attached hydrogen (secondary N) is 1. The zero-order chi connectivity index (χ0) is 10.2. The third-order valence-electron chi connectivity index (χ3n) is 1.83. The van der Waals surface area contributed by atoms with Gasteiger partial charge in [0.1, 0.15) is 0 Å². The van der Waals surface area contributed by atoms with Crippen molar-refractivity contribution < 1.29 is 0 Å². The molecule has 1 heterocycles. The Morgan fingerprint density at radius 1 is 1.79 bits per heavy atom. The van der Waals surface area contributed by atoms with Crippen molar-refractivity contribution in [1.82, 2.24) is 10.3 Å². The van der Waals surface area contributed by atoms with Crippen molar-refractivity contribution >= 4 is 23.1 Å². The van der Waals surface area contributed by atoms with Crippen LogP contribution >= 0.6 is 23.1 Å². The summed E-state index contributed by atoms with van der Waals surface area (Å²) in [6.45, 7) is 6.86. The summed E-state index contributed by atoms with van der Waals surface area (Å²) in [6, 6.07) is 0.366. The smallest absolute Gasteiger partial charge is 0.0795 e. The molecule has 0 saturated heterocycles. The largest absolute Gasteiger partial charge is 0.308 e. The van der Waals surface area contributed by atoms with Crippen LogP contribution in [0.25, 0.3) is 0 Å². The lowest BCUT2D eigenvalue weighted by Crippen LogP contribution is -2.21. The molecule has 0 saturated carbocycles. The molecule has 0 aromatic carbocycles. The van der Waals surface area contributed by atoms with Crippen LogP contribution < -0.4 is 5.32 Å². The van der Waals surface area contributed by atoms with Gasteiger partial charge < -0.3 is 5.32 Å². The van der Waals surface area contributed by atoms with E-state index in [1.807, 2.05) is 23.3 Å². The van der Waals surface area contributed by atoms with E-state index in [9.17, 15) is 0 Å². The fraction of sp³-hybridized carbons (Fsp3) is 0.500. The SMILES string of the molecule is C=CCSCCNC(C)c1cscn1. The molecular formula is C10H16N2S2. The maximum absolute atomic E-state index is 4.26. The predicted octanol–water partition coefficient (Wildman–Crippen LogP) is 2.71. The Balaban J connectivity index is 2.10. The van der Waals surface area contributed by atoms with Crippen LogP contribution in [0.1, 0.15) is 18.7 Å². The lowest BCUT2D eigenvalue weighted by molar-refractivity contribution is 0.589. The van der Waals surface area contributed by atoms with Gasteiger partial charge in [0, 0.05) is 29.5 Å². The molecule has 2 nitrogen and oxygen atoms in total. The van der Waals surface area contributed by atoms with E-state index in [0.29, 0.717) is 6.04 Å². The van der Waals surface area contributed by atoms with Gasteiger partial charge in [-0.2, -0.15) is 11.8 Å². The van der Waals surface area contributed by atoms with Crippen LogP contribution in [0.15, 0.2) is 23.5 Å². The monoisotopic (exact) mass is 228 g/mol. The molecule has 0 bridgehead atoms. The molecule has 0 aliphatic rings. The Morgan fingerprint density at radius 2 is 2.64 bits per heavy atom. The molecule has 1 atom stereocenters. The zero-order valence-corrected chi connectivity index (χ0v) is 10.0. The normalized spacial score (nSPS) is 12.6. The van der Waals surface area contributed by atoms with Gasteiger partial charge in [-0.05, 0) is 6.92 Å². The van der Waals surface area contributed by atoms with Crippen LogP contribution in [-0.2, 0) is 0 Å². The van der Waals surface area contributed by atoms with E-state index in [1.165, 1.54) is 0 Å². The first-order valence-corrected chi connectivity index (χ1v) is 6.74. The Labute approximate surface area is 93.8 Å². The van der Waals surface area contributed by atoms with Crippen molar-refractivity contribution in [3.63, 3.8) is 0 Å². The zero-order valence-electron chi connectivity index (χ0n) is 8.40. The highest BCUT2D eigenvalue weighted by atomic mass is 32.2. The summed E-state index contributed by atoms with van der Waals surface area (Å²) in [5.74, 6) is 2.16. The van der Waals surface area contributed by atoms with Gasteiger partial charge in [0.15, 0.2) is 0 Å². The van der Waals surface area contributed by atoms with E-state index in [2.05, 4.69) is 29.2 Å². The van der Waals surface area contributed by atoms with Crippen molar-refractivity contribution in [2.24, 2.45) is 0 Å². The van der Waals surface area contributed by atoms with Crippen molar-refractivity contribution in [2.45, 2.75) is 13.0 Å². The summed E-state index contributed by atoms with van der Waals surface area (Å²) in [5.41, 5.74) is 3.02. The minimum Gasteiger partial charge on any atom is -0.308 e. The fourth-order valence-corrected chi connectivity index (χ4v) is 2.30. The van der Waals surface area contributed by atoms with E-state index < -0.39 is 0 Å². The second-order valence-corrected chi connectivity index (χ2v) is 4.82. The molecule has 78 valence electrons. The predicted molar refractivity (Wildman–Crippen MR) is 66.1 cm³/mol. The highest BCUT2D eigenvalue weighted by Crippen LogP contribution is 2.11. The van der Waals surface area contributed by atoms with Gasteiger partial charge in [0.05, 0.1) is 11.2 Å². The maximum atomic E-state index is 4.26. The Hall–Kier alpha value is -0.320. The molecule has 1 aromatic heterocycles. The number of aromatic nitrogens is 1. The molecule has 1 unspecified atom stereocenters. The van der Waals surface area contributed by atoms with Crippen LogP contribution in [0, 0.1) is 0 Å². The average Bonchev–Trinajstić information content (AvgIpc) is 2.70. The molecule has 4 heteroatoms. The van der Waals surface area contributed by atoms with Crippen molar-refractivity contribution in [3.05, 3.63) is 29.2 Å². The van der Waals surface area contributed by atoms with Gasteiger partial charge in [0.2, 0.25) is 0 Å². The van der Waals surface area contributed by atoms with E-state index in [0.717, 1.165) is 23.7 Å². The van der Waals surface area contributed by atoms with Crippen LogP contribution in [0.4, 0.5) is 0 Å². The van der Waals surface area contributed by atoms with E-state index in [4.69, 9.17) is 0 Å². The van der Waals surface area contributed by atoms with Crippen LogP contribution in [0.2, 0.25) is 0 Å². The Kier molecular flexibility index (Phi) is 5.91. The molecule has 0 spiro atoms. The highest BCUT2D eigenvalue weighted by Gasteiger charge is 2.04. The molecule has 1 aromatic rings. The number of nitrogens with zero attached hydrogens (tertiary/aromatic N) is 1. The molecule has 0 aliphatic heterocycles. The molecule has 0 fully saturated rings. The van der Waals surface area contributed by atoms with Crippen molar-refractivity contribution in [2.75, 3.05) is 18.1 Å². The first-order valence-electron chi connectivity index (χ1n) is 4.64. The Morgan fingerprint density at radius 3 is 3.29 bits per heavy atom. The molecule has 0 amide bonds. The van der Waals surface area contributed by atoms with E-state index in [-0.39, 0.29) is 0 Å². The van der Waals surface area contributed by atoms with Crippen LogP contribution in [0.5, 0.6) is 0 Å². The highest BCUT2D eigenvalue weighted by molar-refractivity contribution is 7.99. The molecule has 1 rings (SSSR count). The number of thioether (sulfide) groups is 1. The first kappa shape index (κ1) is 11.8. The maximum Gasteiger partial charge on any atom is 0.0795 e. The summed E-state index contributed by atoms with van der Waals surface area (Å²) in [7, 11) is 0. The number of hydrogen-bond acceptors (Lipinski definition) is 4. The van der Waals surface area contributed by atoms with E-state index >= 15 is 0 Å². The van der Waals surface area contributed by atoms with Crippen molar-refractivity contribution in [1.29, 1.82) is 0 Å². The number of rotatable bonds is 7. The van der Waals surface area contributed by atoms with E-state index in [1.54, 1.807) is 11.3 Å². The summed E-state index contributed by atoms with van der Waals surface area (Å²) in [4.78, 5) is 4.26. The molecular weight excluding hydrogens is 212 g/mol. The molecule has 14 heavy (non-hydrogen) atoms. The van der Waals surface area contributed by atoms with Gasteiger partial charge in [0.25, 0.3) is 0 Å². The minimum atomic E-state index is 0.366. The van der Waals surface area contributed by atoms with Gasteiger partial charge >= 0.3 is 0 Å². The third-order valence-corrected chi connectivity index (χ3v) is 3.40. The van der Waals surface area contributed by atoms with Gasteiger partial charge in [-0.3, -0.25) is 0 Å². The lowest BCUT2D eigenvalue weighted by atomic mass is 10.3. The minimum absolute atomic E-state index is 0.366. The Bertz CT molecular complexity index is 247. The van der Waals surface area contributed by atoms with Crippen LogP contribution in [0.3, 0.4) is 0 Å². The summed E-state index contributed by atoms with van der Waals surface area (Å²) in [5, 5.41) is 5.52. The molecule has 0 aliphatic carbocycles. The molecule has 1 N–H and O–H groups in total. The fourth-order valence-electron chi connectivity index (χ4n) is 1.05. The second-order valence-electron chi connectivity index (χ2n) is 2.95. The van der Waals surface area contributed by atoms with Gasteiger partial charge in [-0.1, -0.05) is 6.08 Å². The van der Waals surface area contributed by atoms with Crippen LogP contribution in [-0.4, -0.2) is 23.0 Å². The topological polar surface area (TPSA) is 24.9 Å². The molecule has 0 radical (unpaired) electrons. The van der Waals surface area contributed by atoms with Crippen molar-refractivity contribution in [3.8, 4) is 0 Å². The summed E-state index contributed by atoms with van der Waals surface area (Å²) in [6.07, 6.45) is 1.94. The number of thiazole rings is 1. The first-order chi connectivity index (χ1) is 6.84. The average molecular weight is 228 g/mol.